The maximum Gasteiger partial charge on any atom is 0.285 e. The molecule has 3 rings (SSSR count). The molecule has 1 aromatic heterocycles. The first kappa shape index (κ1) is 16.4. The van der Waals surface area contributed by atoms with Crippen LogP contribution in [0.1, 0.15) is 21.5 Å². The number of amides is 2. The zero-order chi connectivity index (χ0) is 17.1. The zero-order valence-electron chi connectivity index (χ0n) is 12.7. The van der Waals surface area contributed by atoms with Crippen molar-refractivity contribution in [1.82, 2.24) is 15.4 Å². The smallest absolute Gasteiger partial charge is 0.267 e. The van der Waals surface area contributed by atoms with E-state index in [1.54, 1.807) is 42.7 Å². The van der Waals surface area contributed by atoms with E-state index in [1.807, 2.05) is 19.1 Å². The van der Waals surface area contributed by atoms with Gasteiger partial charge in [0, 0.05) is 18.0 Å². The quantitative estimate of drug-likeness (QED) is 0.677. The number of nitrogens with zero attached hydrogens (tertiary/aromatic N) is 2. The SMILES string of the molecule is Cc1ccccc1C(=O)NN1C(=O)/C(=C/c2ccncc2)SC1=S. The summed E-state index contributed by atoms with van der Waals surface area (Å²) in [5.41, 5.74) is 4.76. The summed E-state index contributed by atoms with van der Waals surface area (Å²) in [6.45, 7) is 1.84. The Balaban J connectivity index is 1.79. The predicted octanol–water partition coefficient (Wildman–Crippen LogP) is 2.94. The van der Waals surface area contributed by atoms with Crippen molar-refractivity contribution in [2.75, 3.05) is 0 Å². The number of rotatable bonds is 3. The van der Waals surface area contributed by atoms with Crippen LogP contribution in [0, 0.1) is 6.92 Å². The third-order valence-electron chi connectivity index (χ3n) is 3.40. The molecule has 0 aliphatic carbocycles. The molecule has 120 valence electrons. The summed E-state index contributed by atoms with van der Waals surface area (Å²) in [6, 6.07) is 10.7. The molecule has 0 radical (unpaired) electrons. The fraction of sp³-hybridized carbons (Fsp3) is 0.0588. The van der Waals surface area contributed by atoms with Gasteiger partial charge in [0.25, 0.3) is 11.8 Å². The van der Waals surface area contributed by atoms with E-state index in [1.165, 1.54) is 0 Å². The third-order valence-corrected chi connectivity index (χ3v) is 4.70. The van der Waals surface area contributed by atoms with Crippen LogP contribution < -0.4 is 5.43 Å². The maximum atomic E-state index is 12.5. The Morgan fingerprint density at radius 2 is 1.96 bits per heavy atom. The van der Waals surface area contributed by atoms with Crippen molar-refractivity contribution in [2.45, 2.75) is 6.92 Å². The summed E-state index contributed by atoms with van der Waals surface area (Å²) in [7, 11) is 0. The Kier molecular flexibility index (Phi) is 4.73. The van der Waals surface area contributed by atoms with E-state index in [-0.39, 0.29) is 11.8 Å². The van der Waals surface area contributed by atoms with Crippen LogP contribution in [-0.2, 0) is 4.79 Å². The van der Waals surface area contributed by atoms with Gasteiger partial charge in [-0.05, 0) is 54.5 Å². The van der Waals surface area contributed by atoms with Gasteiger partial charge in [-0.15, -0.1) is 0 Å². The van der Waals surface area contributed by atoms with Crippen molar-refractivity contribution in [3.63, 3.8) is 0 Å². The van der Waals surface area contributed by atoms with Crippen molar-refractivity contribution >= 4 is 46.2 Å². The van der Waals surface area contributed by atoms with Gasteiger partial charge in [0.05, 0.1) is 4.91 Å². The fourth-order valence-corrected chi connectivity index (χ4v) is 3.34. The first-order chi connectivity index (χ1) is 11.6. The molecule has 24 heavy (non-hydrogen) atoms. The fourth-order valence-electron chi connectivity index (χ4n) is 2.16. The average molecular weight is 355 g/mol. The molecule has 7 heteroatoms. The minimum absolute atomic E-state index is 0.294. The van der Waals surface area contributed by atoms with Crippen molar-refractivity contribution in [3.05, 3.63) is 70.4 Å². The van der Waals surface area contributed by atoms with Gasteiger partial charge in [0.15, 0.2) is 4.32 Å². The van der Waals surface area contributed by atoms with E-state index in [4.69, 9.17) is 12.2 Å². The molecule has 1 fully saturated rings. The number of carbonyl (C=O) groups is 2. The molecular weight excluding hydrogens is 342 g/mol. The molecule has 1 N–H and O–H groups in total. The van der Waals surface area contributed by atoms with Crippen molar-refractivity contribution in [1.29, 1.82) is 0 Å². The first-order valence-electron chi connectivity index (χ1n) is 7.11. The minimum atomic E-state index is -0.366. The first-order valence-corrected chi connectivity index (χ1v) is 8.33. The number of hydrogen-bond acceptors (Lipinski definition) is 5. The Morgan fingerprint density at radius 1 is 1.25 bits per heavy atom. The molecule has 0 spiro atoms. The standard InChI is InChI=1S/C17H13N3O2S2/c1-11-4-2-3-5-13(11)15(21)19-20-16(22)14(24-17(20)23)10-12-6-8-18-9-7-12/h2-10H,1H3,(H,19,21)/b14-10-. The minimum Gasteiger partial charge on any atom is -0.267 e. The van der Waals surface area contributed by atoms with Crippen LogP contribution in [0.5, 0.6) is 0 Å². The number of aryl methyl sites for hydroxylation is 1. The molecule has 1 aliphatic rings. The Morgan fingerprint density at radius 3 is 2.67 bits per heavy atom. The van der Waals surface area contributed by atoms with E-state index in [2.05, 4.69) is 10.4 Å². The van der Waals surface area contributed by atoms with E-state index in [0.29, 0.717) is 14.8 Å². The number of aromatic nitrogens is 1. The molecule has 2 heterocycles. The van der Waals surface area contributed by atoms with Crippen LogP contribution in [0.25, 0.3) is 6.08 Å². The number of thiocarbonyl (C=S) groups is 1. The van der Waals surface area contributed by atoms with E-state index < -0.39 is 0 Å². The summed E-state index contributed by atoms with van der Waals surface area (Å²) in [6.07, 6.45) is 5.01. The van der Waals surface area contributed by atoms with Crippen LogP contribution in [0.15, 0.2) is 53.7 Å². The van der Waals surface area contributed by atoms with Gasteiger partial charge in [0.1, 0.15) is 0 Å². The maximum absolute atomic E-state index is 12.5. The second kappa shape index (κ2) is 6.94. The van der Waals surface area contributed by atoms with Gasteiger partial charge < -0.3 is 0 Å². The summed E-state index contributed by atoms with van der Waals surface area (Å²) in [5.74, 6) is -0.710. The summed E-state index contributed by atoms with van der Waals surface area (Å²) in [5, 5.41) is 1.11. The molecular formula is C17H13N3O2S2. The molecule has 1 saturated heterocycles. The molecule has 0 unspecified atom stereocenters. The lowest BCUT2D eigenvalue weighted by atomic mass is 10.1. The molecule has 0 saturated carbocycles. The molecule has 1 aromatic carbocycles. The Hall–Kier alpha value is -2.51. The summed E-state index contributed by atoms with van der Waals surface area (Å²) < 4.78 is 0.294. The van der Waals surface area contributed by atoms with Gasteiger partial charge in [-0.25, -0.2) is 0 Å². The monoisotopic (exact) mass is 355 g/mol. The molecule has 2 amide bonds. The highest BCUT2D eigenvalue weighted by Crippen LogP contribution is 2.31. The summed E-state index contributed by atoms with van der Waals surface area (Å²) >= 11 is 6.36. The molecule has 2 aromatic rings. The molecule has 0 atom stereocenters. The van der Waals surface area contributed by atoms with Crippen LogP contribution >= 0.6 is 24.0 Å². The van der Waals surface area contributed by atoms with Crippen LogP contribution in [0.4, 0.5) is 0 Å². The van der Waals surface area contributed by atoms with Crippen LogP contribution in [0.3, 0.4) is 0 Å². The lowest BCUT2D eigenvalue weighted by molar-refractivity contribution is -0.123. The number of thioether (sulfide) groups is 1. The van der Waals surface area contributed by atoms with E-state index >= 15 is 0 Å². The number of hydrazine groups is 1. The average Bonchev–Trinajstić information content (AvgIpc) is 2.83. The van der Waals surface area contributed by atoms with Crippen molar-refractivity contribution < 1.29 is 9.59 Å². The Bertz CT molecular complexity index is 850. The summed E-state index contributed by atoms with van der Waals surface area (Å²) in [4.78, 5) is 29.3. The number of benzene rings is 1. The number of pyridine rings is 1. The van der Waals surface area contributed by atoms with Crippen molar-refractivity contribution in [2.24, 2.45) is 0 Å². The highest BCUT2D eigenvalue weighted by atomic mass is 32.2. The second-order valence-corrected chi connectivity index (χ2v) is 6.73. The molecule has 1 aliphatic heterocycles. The normalized spacial score (nSPS) is 15.9. The highest BCUT2D eigenvalue weighted by molar-refractivity contribution is 8.26. The van der Waals surface area contributed by atoms with E-state index in [9.17, 15) is 9.59 Å². The van der Waals surface area contributed by atoms with E-state index in [0.717, 1.165) is 27.9 Å². The van der Waals surface area contributed by atoms with Gasteiger partial charge in [0.2, 0.25) is 0 Å². The van der Waals surface area contributed by atoms with Crippen LogP contribution in [0.2, 0.25) is 0 Å². The molecule has 5 nitrogen and oxygen atoms in total. The predicted molar refractivity (Wildman–Crippen MR) is 97.9 cm³/mol. The number of hydrogen-bond donors (Lipinski definition) is 1. The third kappa shape index (κ3) is 3.37. The van der Waals surface area contributed by atoms with Gasteiger partial charge >= 0.3 is 0 Å². The highest BCUT2D eigenvalue weighted by Gasteiger charge is 2.33. The molecule has 0 bridgehead atoms. The lowest BCUT2D eigenvalue weighted by Crippen LogP contribution is -2.45. The zero-order valence-corrected chi connectivity index (χ0v) is 14.4. The second-order valence-electron chi connectivity index (χ2n) is 5.05. The van der Waals surface area contributed by atoms with Gasteiger partial charge in [-0.1, -0.05) is 30.0 Å². The number of nitrogens with one attached hydrogen (secondary N) is 1. The Labute approximate surface area is 148 Å². The van der Waals surface area contributed by atoms with Gasteiger partial charge in [-0.3, -0.25) is 20.0 Å². The topological polar surface area (TPSA) is 62.3 Å². The lowest BCUT2D eigenvalue weighted by Gasteiger charge is -2.16. The van der Waals surface area contributed by atoms with Crippen molar-refractivity contribution in [3.8, 4) is 0 Å². The number of carbonyl (C=O) groups excluding carboxylic acids is 2. The van der Waals surface area contributed by atoms with Crippen LogP contribution in [-0.4, -0.2) is 26.1 Å². The largest absolute Gasteiger partial charge is 0.285 e. The van der Waals surface area contributed by atoms with Gasteiger partial charge in [-0.2, -0.15) is 5.01 Å².